The largest absolute Gasteiger partial charge is 0.493 e. The minimum Gasteiger partial charge on any atom is -0.493 e. The van der Waals surface area contributed by atoms with Gasteiger partial charge in [0.15, 0.2) is 15.7 Å². The second-order valence-corrected chi connectivity index (χ2v) is 10.8. The summed E-state index contributed by atoms with van der Waals surface area (Å²) < 4.78 is 53.9. The summed E-state index contributed by atoms with van der Waals surface area (Å²) in [7, 11) is -1.96. The zero-order chi connectivity index (χ0) is 22.7. The zero-order valence-corrected chi connectivity index (χ0v) is 19.3. The fraction of sp³-hybridized carbons (Fsp3) is 0.636. The highest BCUT2D eigenvalue weighted by Gasteiger charge is 2.43. The van der Waals surface area contributed by atoms with E-state index in [0.29, 0.717) is 48.6 Å². The highest BCUT2D eigenvalue weighted by atomic mass is 32.2. The van der Waals surface area contributed by atoms with Crippen molar-refractivity contribution in [1.29, 1.82) is 0 Å². The Morgan fingerprint density at radius 3 is 2.75 bits per heavy atom. The number of hydrogen-bond acceptors (Lipinski definition) is 8. The lowest BCUT2D eigenvalue weighted by atomic mass is 9.91. The molecule has 1 aliphatic heterocycles. The van der Waals surface area contributed by atoms with Gasteiger partial charge < -0.3 is 18.9 Å². The molecule has 2 heterocycles. The summed E-state index contributed by atoms with van der Waals surface area (Å²) in [5.41, 5.74) is 0. The van der Waals surface area contributed by atoms with Crippen molar-refractivity contribution in [3.8, 4) is 5.75 Å². The molecule has 1 aromatic heterocycles. The molecule has 2 atom stereocenters. The van der Waals surface area contributed by atoms with Gasteiger partial charge in [0.05, 0.1) is 12.4 Å². The molecule has 0 unspecified atom stereocenters. The molecular weight excluding hydrogens is 437 g/mol. The molecule has 2 aromatic rings. The van der Waals surface area contributed by atoms with Crippen LogP contribution in [-0.2, 0) is 21.2 Å². The highest BCUT2D eigenvalue weighted by molar-refractivity contribution is 7.91. The van der Waals surface area contributed by atoms with Crippen LogP contribution in [0.4, 0.5) is 10.4 Å². The highest BCUT2D eigenvalue weighted by Crippen LogP contribution is 2.50. The molecule has 1 saturated carbocycles. The van der Waals surface area contributed by atoms with Crippen LogP contribution in [0.25, 0.3) is 0 Å². The van der Waals surface area contributed by atoms with E-state index in [2.05, 4.69) is 15.0 Å². The maximum absolute atomic E-state index is 14.1. The minimum atomic E-state index is -3.57. The lowest BCUT2D eigenvalue weighted by Crippen LogP contribution is -2.34. The maximum atomic E-state index is 14.1. The fourth-order valence-electron chi connectivity index (χ4n) is 4.57. The first-order valence-corrected chi connectivity index (χ1v) is 12.8. The van der Waals surface area contributed by atoms with E-state index < -0.39 is 15.7 Å². The van der Waals surface area contributed by atoms with Crippen LogP contribution in [0.5, 0.6) is 5.75 Å². The first-order valence-electron chi connectivity index (χ1n) is 11.1. The van der Waals surface area contributed by atoms with Crippen molar-refractivity contribution in [2.75, 3.05) is 37.5 Å². The van der Waals surface area contributed by atoms with Gasteiger partial charge in [-0.3, -0.25) is 0 Å². The molecule has 8 nitrogen and oxygen atoms in total. The molecule has 1 aromatic carbocycles. The van der Waals surface area contributed by atoms with Crippen LogP contribution < -0.4 is 9.64 Å². The standard InChI is InChI=1S/C22H30FN3O5S/c1-3-32(27,28)20-5-4-17(13-19(20)23)30-11-8-16-12-18(16)15-6-9-26(10-7-15)22-24-21(14-29-2)25-31-22/h4-5,13,15-16,18H,3,6-12,14H2,1-2H3/t16-,18-/m1/s1. The van der Waals surface area contributed by atoms with E-state index in [9.17, 15) is 12.8 Å². The molecule has 176 valence electrons. The number of rotatable bonds is 10. The van der Waals surface area contributed by atoms with Crippen molar-refractivity contribution in [3.63, 3.8) is 0 Å². The lowest BCUT2D eigenvalue weighted by Gasteiger charge is -2.30. The van der Waals surface area contributed by atoms with Crippen LogP contribution in [0, 0.1) is 23.6 Å². The van der Waals surface area contributed by atoms with Crippen molar-refractivity contribution in [1.82, 2.24) is 10.1 Å². The molecule has 2 aliphatic rings. The topological polar surface area (TPSA) is 94.8 Å². The number of sulfone groups is 1. The first kappa shape index (κ1) is 23.0. The van der Waals surface area contributed by atoms with Crippen LogP contribution >= 0.6 is 0 Å². The smallest absolute Gasteiger partial charge is 0.324 e. The summed E-state index contributed by atoms with van der Waals surface area (Å²) in [5, 5.41) is 3.92. The van der Waals surface area contributed by atoms with E-state index in [-0.39, 0.29) is 10.6 Å². The van der Waals surface area contributed by atoms with Gasteiger partial charge in [-0.1, -0.05) is 12.1 Å². The van der Waals surface area contributed by atoms with E-state index in [1.54, 1.807) is 7.11 Å². The van der Waals surface area contributed by atoms with Crippen LogP contribution in [0.1, 0.15) is 38.4 Å². The lowest BCUT2D eigenvalue weighted by molar-refractivity contribution is 0.174. The Morgan fingerprint density at radius 1 is 1.28 bits per heavy atom. The Hall–Kier alpha value is -2.20. The van der Waals surface area contributed by atoms with Gasteiger partial charge in [0.2, 0.25) is 0 Å². The normalized spacial score (nSPS) is 21.7. The molecule has 0 spiro atoms. The van der Waals surface area contributed by atoms with Crippen molar-refractivity contribution in [3.05, 3.63) is 29.8 Å². The summed E-state index contributed by atoms with van der Waals surface area (Å²) in [6.07, 6.45) is 4.32. The van der Waals surface area contributed by atoms with Crippen molar-refractivity contribution < 1.29 is 26.8 Å². The predicted octanol–water partition coefficient (Wildman–Crippen LogP) is 3.47. The molecule has 10 heteroatoms. The van der Waals surface area contributed by atoms with Crippen molar-refractivity contribution in [2.45, 2.75) is 44.1 Å². The second-order valence-electron chi connectivity index (χ2n) is 8.54. The number of halogens is 1. The van der Waals surface area contributed by atoms with Gasteiger partial charge in [-0.2, -0.15) is 4.98 Å². The Balaban J connectivity index is 1.19. The molecule has 0 N–H and O–H groups in total. The van der Waals surface area contributed by atoms with Gasteiger partial charge in [-0.15, -0.1) is 0 Å². The number of piperidine rings is 1. The number of ether oxygens (including phenoxy) is 2. The van der Waals surface area contributed by atoms with Gasteiger partial charge in [0.1, 0.15) is 23.1 Å². The molecule has 0 bridgehead atoms. The van der Waals surface area contributed by atoms with Gasteiger partial charge >= 0.3 is 6.01 Å². The third kappa shape index (κ3) is 5.23. The molecule has 1 saturated heterocycles. The number of benzene rings is 1. The number of aromatic nitrogens is 2. The quantitative estimate of drug-likeness (QED) is 0.524. The van der Waals surface area contributed by atoms with E-state index >= 15 is 0 Å². The van der Waals surface area contributed by atoms with Gasteiger partial charge in [0, 0.05) is 26.3 Å². The first-order chi connectivity index (χ1) is 15.4. The zero-order valence-electron chi connectivity index (χ0n) is 18.5. The number of hydrogen-bond donors (Lipinski definition) is 0. The summed E-state index contributed by atoms with van der Waals surface area (Å²) in [6, 6.07) is 4.56. The fourth-order valence-corrected chi connectivity index (χ4v) is 5.51. The predicted molar refractivity (Wildman–Crippen MR) is 116 cm³/mol. The minimum absolute atomic E-state index is 0.129. The maximum Gasteiger partial charge on any atom is 0.324 e. The van der Waals surface area contributed by atoms with Crippen LogP contribution in [0.3, 0.4) is 0 Å². The van der Waals surface area contributed by atoms with Crippen LogP contribution in [-0.4, -0.2) is 51.1 Å². The monoisotopic (exact) mass is 467 g/mol. The van der Waals surface area contributed by atoms with E-state index in [4.69, 9.17) is 14.0 Å². The van der Waals surface area contributed by atoms with E-state index in [1.807, 2.05) is 0 Å². The Morgan fingerprint density at radius 2 is 2.06 bits per heavy atom. The Labute approximate surface area is 188 Å². The molecule has 0 radical (unpaired) electrons. The third-order valence-electron chi connectivity index (χ3n) is 6.50. The molecule has 32 heavy (non-hydrogen) atoms. The summed E-state index contributed by atoms with van der Waals surface area (Å²) in [6.45, 7) is 4.17. The molecule has 1 aliphatic carbocycles. The molecular formula is C22H30FN3O5S. The average molecular weight is 468 g/mol. The van der Waals surface area contributed by atoms with Crippen molar-refractivity contribution in [2.24, 2.45) is 17.8 Å². The molecule has 4 rings (SSSR count). The number of nitrogens with zero attached hydrogens (tertiary/aromatic N) is 3. The van der Waals surface area contributed by atoms with E-state index in [1.165, 1.54) is 25.5 Å². The number of methoxy groups -OCH3 is 1. The summed E-state index contributed by atoms with van der Waals surface area (Å²) >= 11 is 0. The van der Waals surface area contributed by atoms with Crippen molar-refractivity contribution >= 4 is 15.9 Å². The number of anilines is 1. The summed E-state index contributed by atoms with van der Waals surface area (Å²) in [4.78, 5) is 6.24. The van der Waals surface area contributed by atoms with Gasteiger partial charge in [0.25, 0.3) is 0 Å². The Kier molecular flexibility index (Phi) is 6.99. The average Bonchev–Trinajstić information content (AvgIpc) is 3.41. The van der Waals surface area contributed by atoms with E-state index in [0.717, 1.165) is 38.4 Å². The van der Waals surface area contributed by atoms with Gasteiger partial charge in [-0.25, -0.2) is 12.8 Å². The third-order valence-corrected chi connectivity index (χ3v) is 8.26. The SMILES string of the molecule is CCS(=O)(=O)c1ccc(OCC[C@@H]2C[C@@H]2C2CCN(c3nc(COC)no3)CC2)cc1F. The summed E-state index contributed by atoms with van der Waals surface area (Å²) in [5.74, 6) is 2.08. The molecule has 2 fully saturated rings. The van der Waals surface area contributed by atoms with Crippen LogP contribution in [0.15, 0.2) is 27.6 Å². The second kappa shape index (κ2) is 9.74. The van der Waals surface area contributed by atoms with Crippen LogP contribution in [0.2, 0.25) is 0 Å². The van der Waals surface area contributed by atoms with Gasteiger partial charge in [-0.05, 0) is 55.6 Å². The molecule has 0 amide bonds. The Bertz CT molecular complexity index is 1020.